The van der Waals surface area contributed by atoms with E-state index in [0.29, 0.717) is 18.7 Å². The molecule has 4 aromatic rings. The molecule has 1 heterocycles. The van der Waals surface area contributed by atoms with Gasteiger partial charge < -0.3 is 15.1 Å². The van der Waals surface area contributed by atoms with Crippen molar-refractivity contribution in [3.63, 3.8) is 0 Å². The van der Waals surface area contributed by atoms with Gasteiger partial charge in [-0.3, -0.25) is 9.59 Å². The molecular formula is C31H29N3O2. The lowest BCUT2D eigenvalue weighted by Gasteiger charge is -2.36. The maximum Gasteiger partial charge on any atom is 0.255 e. The van der Waals surface area contributed by atoms with Crippen LogP contribution >= 0.6 is 0 Å². The summed E-state index contributed by atoms with van der Waals surface area (Å²) < 4.78 is 0. The fourth-order valence-electron chi connectivity index (χ4n) is 4.55. The van der Waals surface area contributed by atoms with Gasteiger partial charge in [-0.05, 0) is 66.1 Å². The molecule has 0 unspecified atom stereocenters. The second-order valence-corrected chi connectivity index (χ2v) is 9.04. The van der Waals surface area contributed by atoms with Crippen LogP contribution in [-0.2, 0) is 0 Å². The van der Waals surface area contributed by atoms with Crippen molar-refractivity contribution in [2.24, 2.45) is 0 Å². The smallest absolute Gasteiger partial charge is 0.255 e. The monoisotopic (exact) mass is 475 g/mol. The maximum atomic E-state index is 12.9. The second kappa shape index (κ2) is 10.5. The largest absolute Gasteiger partial charge is 0.368 e. The Bertz CT molecular complexity index is 1340. The van der Waals surface area contributed by atoms with E-state index in [9.17, 15) is 9.59 Å². The molecule has 1 aliphatic rings. The Labute approximate surface area is 212 Å². The SMILES string of the molecule is Cc1ccccc1C(=O)N1CCN(c2ccc(NC(=O)c3ccc(-c4ccccc4)cc3)cc2)CC1. The van der Waals surface area contributed by atoms with E-state index in [1.54, 1.807) is 0 Å². The van der Waals surface area contributed by atoms with Crippen LogP contribution in [0.4, 0.5) is 11.4 Å². The van der Waals surface area contributed by atoms with Crippen molar-refractivity contribution in [3.8, 4) is 11.1 Å². The van der Waals surface area contributed by atoms with E-state index < -0.39 is 0 Å². The highest BCUT2D eigenvalue weighted by atomic mass is 16.2. The van der Waals surface area contributed by atoms with Gasteiger partial charge in [-0.15, -0.1) is 0 Å². The van der Waals surface area contributed by atoms with Crippen molar-refractivity contribution >= 4 is 23.2 Å². The molecular weight excluding hydrogens is 446 g/mol. The Morgan fingerprint density at radius 1 is 0.667 bits per heavy atom. The fourth-order valence-corrected chi connectivity index (χ4v) is 4.55. The molecule has 0 saturated carbocycles. The Kier molecular flexibility index (Phi) is 6.80. The molecule has 1 fully saturated rings. The number of anilines is 2. The normalized spacial score (nSPS) is 13.4. The number of carbonyl (C=O) groups is 2. The van der Waals surface area contributed by atoms with E-state index in [4.69, 9.17) is 0 Å². The van der Waals surface area contributed by atoms with Crippen molar-refractivity contribution in [2.75, 3.05) is 36.4 Å². The first kappa shape index (κ1) is 23.4. The Morgan fingerprint density at radius 3 is 1.94 bits per heavy atom. The molecule has 1 N–H and O–H groups in total. The number of hydrogen-bond donors (Lipinski definition) is 1. The van der Waals surface area contributed by atoms with Gasteiger partial charge >= 0.3 is 0 Å². The number of carbonyl (C=O) groups excluding carboxylic acids is 2. The minimum absolute atomic E-state index is 0.0996. The lowest BCUT2D eigenvalue weighted by Crippen LogP contribution is -2.48. The minimum atomic E-state index is -0.134. The van der Waals surface area contributed by atoms with Crippen LogP contribution in [0.2, 0.25) is 0 Å². The van der Waals surface area contributed by atoms with Gasteiger partial charge in [0.15, 0.2) is 0 Å². The first-order valence-electron chi connectivity index (χ1n) is 12.3. The summed E-state index contributed by atoms with van der Waals surface area (Å²) in [5.41, 5.74) is 6.45. The van der Waals surface area contributed by atoms with Crippen molar-refractivity contribution in [3.05, 3.63) is 120 Å². The predicted octanol–water partition coefficient (Wildman–Crippen LogP) is 5.88. The summed E-state index contributed by atoms with van der Waals surface area (Å²) in [6.45, 7) is 4.90. The van der Waals surface area contributed by atoms with Crippen LogP contribution in [0.1, 0.15) is 26.3 Å². The molecule has 5 rings (SSSR count). The Balaban J connectivity index is 1.16. The van der Waals surface area contributed by atoms with E-state index in [0.717, 1.165) is 46.7 Å². The van der Waals surface area contributed by atoms with Crippen LogP contribution < -0.4 is 10.2 Å². The highest BCUT2D eigenvalue weighted by Gasteiger charge is 2.23. The Hall–Kier alpha value is -4.38. The van der Waals surface area contributed by atoms with Crippen LogP contribution in [-0.4, -0.2) is 42.9 Å². The molecule has 180 valence electrons. The summed E-state index contributed by atoms with van der Waals surface area (Å²) in [7, 11) is 0. The number of hydrogen-bond acceptors (Lipinski definition) is 3. The average molecular weight is 476 g/mol. The van der Waals surface area contributed by atoms with Crippen molar-refractivity contribution < 1.29 is 9.59 Å². The zero-order valence-corrected chi connectivity index (χ0v) is 20.4. The highest BCUT2D eigenvalue weighted by molar-refractivity contribution is 6.04. The molecule has 5 heteroatoms. The molecule has 1 saturated heterocycles. The fraction of sp³-hybridized carbons (Fsp3) is 0.161. The molecule has 0 aromatic heterocycles. The number of nitrogens with one attached hydrogen (secondary N) is 1. The van der Waals surface area contributed by atoms with E-state index in [-0.39, 0.29) is 11.8 Å². The van der Waals surface area contributed by atoms with E-state index in [1.165, 1.54) is 0 Å². The third-order valence-electron chi connectivity index (χ3n) is 6.69. The summed E-state index contributed by atoms with van der Waals surface area (Å²) in [6.07, 6.45) is 0. The van der Waals surface area contributed by atoms with Gasteiger partial charge in [0, 0.05) is 48.7 Å². The van der Waals surface area contributed by atoms with Gasteiger partial charge in [0.1, 0.15) is 0 Å². The van der Waals surface area contributed by atoms with E-state index >= 15 is 0 Å². The van der Waals surface area contributed by atoms with Crippen LogP contribution in [0, 0.1) is 6.92 Å². The van der Waals surface area contributed by atoms with Gasteiger partial charge in [-0.25, -0.2) is 0 Å². The van der Waals surface area contributed by atoms with Crippen molar-refractivity contribution in [1.29, 1.82) is 0 Å². The molecule has 1 aliphatic heterocycles. The molecule has 4 aromatic carbocycles. The van der Waals surface area contributed by atoms with Crippen LogP contribution in [0.25, 0.3) is 11.1 Å². The lowest BCUT2D eigenvalue weighted by molar-refractivity contribution is 0.0746. The van der Waals surface area contributed by atoms with Gasteiger partial charge in [0.05, 0.1) is 0 Å². The quantitative estimate of drug-likeness (QED) is 0.392. The summed E-state index contributed by atoms with van der Waals surface area (Å²) in [4.78, 5) is 29.8. The van der Waals surface area contributed by atoms with Crippen LogP contribution in [0.5, 0.6) is 0 Å². The first-order chi connectivity index (χ1) is 17.6. The van der Waals surface area contributed by atoms with E-state index in [1.807, 2.05) is 103 Å². The maximum absolute atomic E-state index is 12.9. The highest BCUT2D eigenvalue weighted by Crippen LogP contribution is 2.22. The molecule has 0 spiro atoms. The van der Waals surface area contributed by atoms with Crippen LogP contribution in [0.3, 0.4) is 0 Å². The second-order valence-electron chi connectivity index (χ2n) is 9.04. The van der Waals surface area contributed by atoms with Gasteiger partial charge in [0.2, 0.25) is 0 Å². The first-order valence-corrected chi connectivity index (χ1v) is 12.3. The lowest BCUT2D eigenvalue weighted by atomic mass is 10.0. The Morgan fingerprint density at radius 2 is 1.28 bits per heavy atom. The summed E-state index contributed by atoms with van der Waals surface area (Å²) >= 11 is 0. The molecule has 5 nitrogen and oxygen atoms in total. The standard InChI is InChI=1S/C31H29N3O2/c1-23-7-5-6-10-29(23)31(36)34-21-19-33(20-22-34)28-17-15-27(16-18-28)32-30(35)26-13-11-25(12-14-26)24-8-3-2-4-9-24/h2-18H,19-22H2,1H3,(H,32,35). The van der Waals surface area contributed by atoms with Gasteiger partial charge in [0.25, 0.3) is 11.8 Å². The molecule has 0 radical (unpaired) electrons. The molecule has 0 atom stereocenters. The number of aryl methyl sites for hydroxylation is 1. The van der Waals surface area contributed by atoms with Crippen LogP contribution in [0.15, 0.2) is 103 Å². The number of rotatable bonds is 5. The number of amides is 2. The zero-order chi connectivity index (χ0) is 24.9. The third-order valence-corrected chi connectivity index (χ3v) is 6.69. The third kappa shape index (κ3) is 5.15. The molecule has 2 amide bonds. The number of nitrogens with zero attached hydrogens (tertiary/aromatic N) is 2. The van der Waals surface area contributed by atoms with E-state index in [2.05, 4.69) is 22.3 Å². The molecule has 36 heavy (non-hydrogen) atoms. The molecule has 0 bridgehead atoms. The number of benzene rings is 4. The van der Waals surface area contributed by atoms with Crippen molar-refractivity contribution in [1.82, 2.24) is 4.90 Å². The van der Waals surface area contributed by atoms with Gasteiger partial charge in [-0.1, -0.05) is 60.7 Å². The average Bonchev–Trinajstić information content (AvgIpc) is 2.94. The topological polar surface area (TPSA) is 52.7 Å². The predicted molar refractivity (Wildman–Crippen MR) is 146 cm³/mol. The van der Waals surface area contributed by atoms with Gasteiger partial charge in [-0.2, -0.15) is 0 Å². The van der Waals surface area contributed by atoms with Crippen molar-refractivity contribution in [2.45, 2.75) is 6.92 Å². The zero-order valence-electron chi connectivity index (χ0n) is 20.4. The summed E-state index contributed by atoms with van der Waals surface area (Å²) in [6, 6.07) is 33.4. The molecule has 0 aliphatic carbocycles. The minimum Gasteiger partial charge on any atom is -0.368 e. The summed E-state index contributed by atoms with van der Waals surface area (Å²) in [5, 5.41) is 2.98. The number of piperazine rings is 1. The summed E-state index contributed by atoms with van der Waals surface area (Å²) in [5.74, 6) is -0.0340.